The SMILES string of the molecule is COc1cc(N2CCCC[C@H]2C)nc(NC(=S)NCCCc2ccccc2)n1. The van der Waals surface area contributed by atoms with Gasteiger partial charge in [0.15, 0.2) is 5.11 Å². The van der Waals surface area contributed by atoms with Crippen LogP contribution in [0.25, 0.3) is 0 Å². The fraction of sp³-hybridized carbons (Fsp3) is 0.476. The van der Waals surface area contributed by atoms with Crippen molar-refractivity contribution in [3.05, 3.63) is 42.0 Å². The number of benzene rings is 1. The van der Waals surface area contributed by atoms with Crippen molar-refractivity contribution in [3.8, 4) is 5.88 Å². The van der Waals surface area contributed by atoms with Crippen LogP contribution in [0.3, 0.4) is 0 Å². The number of anilines is 2. The van der Waals surface area contributed by atoms with Gasteiger partial charge < -0.3 is 20.3 Å². The predicted molar refractivity (Wildman–Crippen MR) is 118 cm³/mol. The van der Waals surface area contributed by atoms with Gasteiger partial charge in [0.05, 0.1) is 7.11 Å². The number of hydrogen-bond acceptors (Lipinski definition) is 5. The van der Waals surface area contributed by atoms with Gasteiger partial charge in [0.1, 0.15) is 5.82 Å². The zero-order chi connectivity index (χ0) is 19.8. The van der Waals surface area contributed by atoms with Crippen LogP contribution in [-0.4, -0.2) is 41.3 Å². The van der Waals surface area contributed by atoms with Crippen LogP contribution < -0.4 is 20.3 Å². The van der Waals surface area contributed by atoms with Gasteiger partial charge in [0.25, 0.3) is 0 Å². The van der Waals surface area contributed by atoms with Gasteiger partial charge in [-0.3, -0.25) is 0 Å². The Hall–Kier alpha value is -2.41. The molecule has 1 aliphatic rings. The summed E-state index contributed by atoms with van der Waals surface area (Å²) in [4.78, 5) is 11.4. The highest BCUT2D eigenvalue weighted by molar-refractivity contribution is 7.80. The van der Waals surface area contributed by atoms with Crippen LogP contribution >= 0.6 is 12.2 Å². The number of piperidine rings is 1. The standard InChI is InChI=1S/C21H29N5OS/c1-16-9-6-7-14-26(16)18-15-19(27-2)24-20(23-18)25-21(28)22-13-8-12-17-10-4-3-5-11-17/h3-5,10-11,15-16H,6-9,12-14H2,1-2H3,(H2,22,23,24,25,28)/t16-/m1/s1. The molecule has 1 atom stereocenters. The molecule has 2 aromatic rings. The van der Waals surface area contributed by atoms with Gasteiger partial charge in [-0.25, -0.2) is 0 Å². The number of nitrogens with one attached hydrogen (secondary N) is 2. The van der Waals surface area contributed by atoms with Gasteiger partial charge in [0, 0.05) is 25.2 Å². The van der Waals surface area contributed by atoms with E-state index in [0.29, 0.717) is 23.0 Å². The molecule has 1 aromatic carbocycles. The Morgan fingerprint density at radius 1 is 1.25 bits per heavy atom. The number of rotatable bonds is 7. The van der Waals surface area contributed by atoms with Crippen molar-refractivity contribution in [2.24, 2.45) is 0 Å². The summed E-state index contributed by atoms with van der Waals surface area (Å²) in [5, 5.41) is 6.86. The molecule has 2 N–H and O–H groups in total. The van der Waals surface area contributed by atoms with E-state index in [0.717, 1.165) is 31.7 Å². The Labute approximate surface area is 172 Å². The summed E-state index contributed by atoms with van der Waals surface area (Å²) in [6, 6.07) is 12.8. The largest absolute Gasteiger partial charge is 0.481 e. The molecule has 1 fully saturated rings. The molecule has 3 rings (SSSR count). The smallest absolute Gasteiger partial charge is 0.234 e. The molecule has 0 amide bonds. The fourth-order valence-electron chi connectivity index (χ4n) is 3.44. The second-order valence-electron chi connectivity index (χ2n) is 7.10. The predicted octanol–water partition coefficient (Wildman–Crippen LogP) is 3.78. The van der Waals surface area contributed by atoms with E-state index in [9.17, 15) is 0 Å². The summed E-state index contributed by atoms with van der Waals surface area (Å²) in [6.45, 7) is 4.03. The van der Waals surface area contributed by atoms with E-state index in [4.69, 9.17) is 17.0 Å². The molecule has 0 unspecified atom stereocenters. The summed E-state index contributed by atoms with van der Waals surface area (Å²) < 4.78 is 5.37. The highest BCUT2D eigenvalue weighted by Crippen LogP contribution is 2.26. The molecule has 7 heteroatoms. The summed E-state index contributed by atoms with van der Waals surface area (Å²) in [5.41, 5.74) is 1.33. The highest BCUT2D eigenvalue weighted by Gasteiger charge is 2.21. The molecule has 1 aromatic heterocycles. The first-order valence-electron chi connectivity index (χ1n) is 9.94. The molecular weight excluding hydrogens is 370 g/mol. The molecule has 0 bridgehead atoms. The Morgan fingerprint density at radius 3 is 2.82 bits per heavy atom. The topological polar surface area (TPSA) is 62.3 Å². The van der Waals surface area contributed by atoms with Crippen molar-refractivity contribution in [1.29, 1.82) is 0 Å². The third kappa shape index (κ3) is 5.79. The number of aryl methyl sites for hydroxylation is 1. The van der Waals surface area contributed by atoms with Crippen molar-refractivity contribution >= 4 is 29.1 Å². The van der Waals surface area contributed by atoms with Crippen LogP contribution in [-0.2, 0) is 6.42 Å². The van der Waals surface area contributed by atoms with E-state index in [1.807, 2.05) is 12.1 Å². The zero-order valence-electron chi connectivity index (χ0n) is 16.6. The lowest BCUT2D eigenvalue weighted by Crippen LogP contribution is -2.38. The minimum absolute atomic E-state index is 0.462. The molecule has 0 spiro atoms. The maximum Gasteiger partial charge on any atom is 0.234 e. The van der Waals surface area contributed by atoms with Gasteiger partial charge in [-0.2, -0.15) is 9.97 Å². The molecule has 150 valence electrons. The number of thiocarbonyl (C=S) groups is 1. The Bertz CT molecular complexity index is 771. The fourth-order valence-corrected chi connectivity index (χ4v) is 3.64. The first-order valence-corrected chi connectivity index (χ1v) is 10.3. The van der Waals surface area contributed by atoms with E-state index in [1.54, 1.807) is 7.11 Å². The molecule has 1 aliphatic heterocycles. The number of methoxy groups -OCH3 is 1. The van der Waals surface area contributed by atoms with Crippen LogP contribution in [0.2, 0.25) is 0 Å². The Balaban J connectivity index is 1.55. The van der Waals surface area contributed by atoms with Crippen molar-refractivity contribution < 1.29 is 4.74 Å². The van der Waals surface area contributed by atoms with Crippen LogP contribution in [0.15, 0.2) is 36.4 Å². The van der Waals surface area contributed by atoms with E-state index in [-0.39, 0.29) is 0 Å². The van der Waals surface area contributed by atoms with Gasteiger partial charge in [-0.1, -0.05) is 30.3 Å². The quantitative estimate of drug-likeness (QED) is 0.543. The third-order valence-electron chi connectivity index (χ3n) is 4.99. The van der Waals surface area contributed by atoms with Crippen LogP contribution in [0.5, 0.6) is 5.88 Å². The van der Waals surface area contributed by atoms with Crippen LogP contribution in [0, 0.1) is 0 Å². The van der Waals surface area contributed by atoms with Gasteiger partial charge in [0.2, 0.25) is 11.8 Å². The molecule has 0 saturated carbocycles. The molecule has 1 saturated heterocycles. The Kier molecular flexibility index (Phi) is 7.42. The van der Waals surface area contributed by atoms with Crippen LogP contribution in [0.1, 0.15) is 38.2 Å². The normalized spacial score (nSPS) is 16.5. The maximum atomic E-state index is 5.41. The van der Waals surface area contributed by atoms with Gasteiger partial charge >= 0.3 is 0 Å². The van der Waals surface area contributed by atoms with E-state index >= 15 is 0 Å². The van der Waals surface area contributed by atoms with Crippen LogP contribution in [0.4, 0.5) is 11.8 Å². The highest BCUT2D eigenvalue weighted by atomic mass is 32.1. The minimum atomic E-state index is 0.462. The molecule has 28 heavy (non-hydrogen) atoms. The summed E-state index contributed by atoms with van der Waals surface area (Å²) in [7, 11) is 1.62. The van der Waals surface area contributed by atoms with Crippen molar-refractivity contribution in [2.75, 3.05) is 30.4 Å². The summed E-state index contributed by atoms with van der Waals surface area (Å²) in [5.74, 6) is 1.89. The van der Waals surface area contributed by atoms with Gasteiger partial charge in [-0.05, 0) is 56.8 Å². The van der Waals surface area contributed by atoms with Crippen molar-refractivity contribution in [1.82, 2.24) is 15.3 Å². The van der Waals surface area contributed by atoms with E-state index in [2.05, 4.69) is 56.7 Å². The van der Waals surface area contributed by atoms with Crippen molar-refractivity contribution in [2.45, 2.75) is 45.1 Å². The van der Waals surface area contributed by atoms with E-state index in [1.165, 1.54) is 24.8 Å². The first-order chi connectivity index (χ1) is 13.7. The average molecular weight is 400 g/mol. The monoisotopic (exact) mass is 399 g/mol. The lowest BCUT2D eigenvalue weighted by molar-refractivity contribution is 0.396. The second kappa shape index (κ2) is 10.2. The molecule has 6 nitrogen and oxygen atoms in total. The minimum Gasteiger partial charge on any atom is -0.481 e. The molecule has 0 aliphatic carbocycles. The maximum absolute atomic E-state index is 5.41. The number of hydrogen-bond donors (Lipinski definition) is 2. The molecular formula is C21H29N5OS. The lowest BCUT2D eigenvalue weighted by atomic mass is 10.0. The zero-order valence-corrected chi connectivity index (χ0v) is 17.5. The lowest BCUT2D eigenvalue weighted by Gasteiger charge is -2.34. The van der Waals surface area contributed by atoms with Gasteiger partial charge in [-0.15, -0.1) is 0 Å². The third-order valence-corrected chi connectivity index (χ3v) is 5.24. The van der Waals surface area contributed by atoms with Crippen molar-refractivity contribution in [3.63, 3.8) is 0 Å². The van der Waals surface area contributed by atoms with E-state index < -0.39 is 0 Å². The molecule has 2 heterocycles. The number of nitrogens with zero attached hydrogens (tertiary/aromatic N) is 3. The average Bonchev–Trinajstić information content (AvgIpc) is 2.72. The Morgan fingerprint density at radius 2 is 2.07 bits per heavy atom. The molecule has 0 radical (unpaired) electrons. The summed E-state index contributed by atoms with van der Waals surface area (Å²) >= 11 is 5.41. The number of aromatic nitrogens is 2. The number of ether oxygens (including phenoxy) is 1. The second-order valence-corrected chi connectivity index (χ2v) is 7.51. The summed E-state index contributed by atoms with van der Waals surface area (Å²) in [6.07, 6.45) is 5.64. The first kappa shape index (κ1) is 20.3.